The third kappa shape index (κ3) is 6.06. The molecule has 0 amide bonds. The van der Waals surface area contributed by atoms with Gasteiger partial charge in [-0.05, 0) is 47.6 Å². The summed E-state index contributed by atoms with van der Waals surface area (Å²) in [6.45, 7) is 2.06. The van der Waals surface area contributed by atoms with Crippen LogP contribution in [-0.4, -0.2) is 0 Å². The summed E-state index contributed by atoms with van der Waals surface area (Å²) < 4.78 is 14.4. The van der Waals surface area contributed by atoms with Crippen molar-refractivity contribution in [3.63, 3.8) is 0 Å². The number of benzene rings is 3. The van der Waals surface area contributed by atoms with Crippen LogP contribution >= 0.6 is 0 Å². The second kappa shape index (κ2) is 10.4. The topological polar surface area (TPSA) is 0 Å². The van der Waals surface area contributed by atoms with Gasteiger partial charge in [-0.2, -0.15) is 0 Å². The van der Waals surface area contributed by atoms with E-state index in [4.69, 9.17) is 0 Å². The molecule has 0 saturated heterocycles. The molecule has 3 aromatic rings. The summed E-state index contributed by atoms with van der Waals surface area (Å²) in [6.07, 6.45) is 10.1. The number of hydrogen-bond acceptors (Lipinski definition) is 0. The van der Waals surface area contributed by atoms with E-state index in [1.807, 2.05) is 42.5 Å². The molecule has 0 fully saturated rings. The number of hydrogen-bond donors (Lipinski definition) is 0. The Bertz CT molecular complexity index is 887. The maximum atomic E-state index is 14.4. The summed E-state index contributed by atoms with van der Waals surface area (Å²) in [7, 11) is 0. The summed E-state index contributed by atoms with van der Waals surface area (Å²) in [5, 5.41) is 0. The van der Waals surface area contributed by atoms with Crippen LogP contribution in [0, 0.1) is 0 Å². The third-order valence-corrected chi connectivity index (χ3v) is 4.84. The van der Waals surface area contributed by atoms with E-state index in [0.29, 0.717) is 6.42 Å². The van der Waals surface area contributed by atoms with Crippen molar-refractivity contribution in [2.24, 2.45) is 0 Å². The lowest BCUT2D eigenvalue weighted by atomic mass is 10.0. The number of aryl methyl sites for hydroxylation is 1. The fourth-order valence-electron chi connectivity index (χ4n) is 3.16. The lowest BCUT2D eigenvalue weighted by molar-refractivity contribution is 0.342. The van der Waals surface area contributed by atoms with Gasteiger partial charge in [0, 0.05) is 6.42 Å². The summed E-state index contributed by atoms with van der Waals surface area (Å²) in [4.78, 5) is 0. The number of allylic oxidation sites excluding steroid dienone is 2. The van der Waals surface area contributed by atoms with E-state index >= 15 is 0 Å². The molecule has 3 aromatic carbocycles. The normalized spacial score (nSPS) is 12.6. The van der Waals surface area contributed by atoms with Crippen LogP contribution in [-0.2, 0) is 12.8 Å². The summed E-state index contributed by atoms with van der Waals surface area (Å²) in [5.74, 6) is 0. The van der Waals surface area contributed by atoms with Crippen LogP contribution in [0.25, 0.3) is 12.2 Å². The summed E-state index contributed by atoms with van der Waals surface area (Å²) >= 11 is 0. The smallest absolute Gasteiger partial charge is 0.129 e. The van der Waals surface area contributed by atoms with Crippen molar-refractivity contribution >= 4 is 12.2 Å². The van der Waals surface area contributed by atoms with Crippen LogP contribution in [0.5, 0.6) is 0 Å². The van der Waals surface area contributed by atoms with Gasteiger partial charge in [-0.3, -0.25) is 0 Å². The van der Waals surface area contributed by atoms with Crippen LogP contribution in [0.2, 0.25) is 0 Å². The molecule has 0 spiro atoms. The molecule has 0 aliphatic rings. The lowest BCUT2D eigenvalue weighted by Gasteiger charge is -2.08. The zero-order valence-electron chi connectivity index (χ0n) is 16.4. The highest BCUT2D eigenvalue weighted by atomic mass is 19.1. The Morgan fingerprint density at radius 1 is 0.750 bits per heavy atom. The van der Waals surface area contributed by atoms with Crippen molar-refractivity contribution in [2.45, 2.75) is 32.4 Å². The maximum Gasteiger partial charge on any atom is 0.129 e. The largest absolute Gasteiger partial charge is 0.242 e. The quantitative estimate of drug-likeness (QED) is 0.282. The summed E-state index contributed by atoms with van der Waals surface area (Å²) in [5.41, 5.74) is 5.42. The average molecular weight is 371 g/mol. The minimum absolute atomic E-state index is 0.405. The molecule has 0 bridgehead atoms. The molecule has 0 aliphatic heterocycles. The molecule has 3 rings (SSSR count). The van der Waals surface area contributed by atoms with Gasteiger partial charge in [-0.15, -0.1) is 0 Å². The monoisotopic (exact) mass is 370 g/mol. The van der Waals surface area contributed by atoms with Crippen LogP contribution in [0.15, 0.2) is 91.0 Å². The van der Waals surface area contributed by atoms with Crippen molar-refractivity contribution in [3.05, 3.63) is 119 Å². The third-order valence-electron chi connectivity index (χ3n) is 4.84. The van der Waals surface area contributed by atoms with Crippen LogP contribution in [0.4, 0.5) is 4.39 Å². The standard InChI is InChI=1S/C27H27F/c1-2-3-5-8-22-11-13-23(14-12-22)15-16-24-17-19-25(20-18-24)21-27(28)26-9-6-4-7-10-26/h2-4,6-7,9-20,27H,5,8,21H2,1H3/b3-2+,16-15?/t27-/m1/s1. The van der Waals surface area contributed by atoms with E-state index in [-0.39, 0.29) is 0 Å². The Hall–Kier alpha value is -2.93. The molecule has 0 N–H and O–H groups in total. The Kier molecular flexibility index (Phi) is 7.37. The first-order valence-electron chi connectivity index (χ1n) is 9.91. The zero-order chi connectivity index (χ0) is 19.6. The second-order valence-corrected chi connectivity index (χ2v) is 7.01. The van der Waals surface area contributed by atoms with Crippen molar-refractivity contribution < 1.29 is 4.39 Å². The molecule has 0 radical (unpaired) electrons. The minimum Gasteiger partial charge on any atom is -0.242 e. The highest BCUT2D eigenvalue weighted by Crippen LogP contribution is 2.22. The fourth-order valence-corrected chi connectivity index (χ4v) is 3.16. The van der Waals surface area contributed by atoms with Gasteiger partial charge < -0.3 is 0 Å². The Morgan fingerprint density at radius 2 is 1.32 bits per heavy atom. The Morgan fingerprint density at radius 3 is 1.89 bits per heavy atom. The molecule has 0 saturated carbocycles. The predicted molar refractivity (Wildman–Crippen MR) is 119 cm³/mol. The first kappa shape index (κ1) is 19.8. The number of rotatable bonds is 8. The molecule has 0 unspecified atom stereocenters. The highest BCUT2D eigenvalue weighted by molar-refractivity contribution is 5.69. The van der Waals surface area contributed by atoms with Gasteiger partial charge >= 0.3 is 0 Å². The average Bonchev–Trinajstić information content (AvgIpc) is 2.75. The molecule has 1 atom stereocenters. The van der Waals surface area contributed by atoms with E-state index < -0.39 is 6.17 Å². The first-order valence-corrected chi connectivity index (χ1v) is 9.91. The second-order valence-electron chi connectivity index (χ2n) is 7.01. The van der Waals surface area contributed by atoms with Crippen LogP contribution in [0.3, 0.4) is 0 Å². The molecule has 1 heteroatoms. The fraction of sp³-hybridized carbons (Fsp3) is 0.185. The van der Waals surface area contributed by atoms with Crippen molar-refractivity contribution in [1.29, 1.82) is 0 Å². The molecule has 0 heterocycles. The van der Waals surface area contributed by atoms with Gasteiger partial charge in [-0.1, -0.05) is 103 Å². The zero-order valence-corrected chi connectivity index (χ0v) is 16.4. The van der Waals surface area contributed by atoms with E-state index in [1.165, 1.54) is 11.1 Å². The lowest BCUT2D eigenvalue weighted by Crippen LogP contribution is -1.96. The molecular weight excluding hydrogens is 343 g/mol. The molecule has 0 aromatic heterocycles. The molecule has 28 heavy (non-hydrogen) atoms. The molecule has 0 aliphatic carbocycles. The molecule has 0 nitrogen and oxygen atoms in total. The van der Waals surface area contributed by atoms with Gasteiger partial charge in [0.15, 0.2) is 0 Å². The van der Waals surface area contributed by atoms with Crippen molar-refractivity contribution in [2.75, 3.05) is 0 Å². The maximum absolute atomic E-state index is 14.4. The van der Waals surface area contributed by atoms with E-state index in [0.717, 1.165) is 29.5 Å². The SMILES string of the molecule is C/C=C/CCc1ccc(C=Cc2ccc(C[C@@H](F)c3ccccc3)cc2)cc1. The van der Waals surface area contributed by atoms with Crippen molar-refractivity contribution in [3.8, 4) is 0 Å². The van der Waals surface area contributed by atoms with Gasteiger partial charge in [0.1, 0.15) is 6.17 Å². The highest BCUT2D eigenvalue weighted by Gasteiger charge is 2.09. The molecule has 142 valence electrons. The predicted octanol–water partition coefficient (Wildman–Crippen LogP) is 7.62. The number of alkyl halides is 1. The van der Waals surface area contributed by atoms with E-state index in [9.17, 15) is 4.39 Å². The Balaban J connectivity index is 1.56. The van der Waals surface area contributed by atoms with E-state index in [2.05, 4.69) is 67.6 Å². The van der Waals surface area contributed by atoms with Gasteiger partial charge in [0.2, 0.25) is 0 Å². The van der Waals surface area contributed by atoms with Gasteiger partial charge in [0.25, 0.3) is 0 Å². The minimum atomic E-state index is -0.964. The molecular formula is C27H27F. The van der Waals surface area contributed by atoms with Gasteiger partial charge in [-0.25, -0.2) is 4.39 Å². The van der Waals surface area contributed by atoms with Crippen LogP contribution < -0.4 is 0 Å². The van der Waals surface area contributed by atoms with E-state index in [1.54, 1.807) is 0 Å². The van der Waals surface area contributed by atoms with Gasteiger partial charge in [0.05, 0.1) is 0 Å². The summed E-state index contributed by atoms with van der Waals surface area (Å²) in [6, 6.07) is 26.2. The Labute approximate surface area is 168 Å². The first-order chi connectivity index (χ1) is 13.7. The van der Waals surface area contributed by atoms with Crippen LogP contribution in [0.1, 0.15) is 47.3 Å². The van der Waals surface area contributed by atoms with Crippen molar-refractivity contribution in [1.82, 2.24) is 0 Å². The number of halogens is 1.